The van der Waals surface area contributed by atoms with Crippen LogP contribution in [0.1, 0.15) is 18.1 Å². The van der Waals surface area contributed by atoms with Crippen molar-refractivity contribution >= 4 is 40.3 Å². The van der Waals surface area contributed by atoms with Gasteiger partial charge in [-0.3, -0.25) is 4.79 Å². The maximum Gasteiger partial charge on any atom is 0.217 e. The molecule has 0 aliphatic heterocycles. The third kappa shape index (κ3) is 4.00. The van der Waals surface area contributed by atoms with E-state index in [-0.39, 0.29) is 18.9 Å². The number of aryl methyl sites for hydroxylation is 1. The summed E-state index contributed by atoms with van der Waals surface area (Å²) in [6.45, 7) is 0.451. The van der Waals surface area contributed by atoms with E-state index < -0.39 is 0 Å². The molecule has 138 valence electrons. The second kappa shape index (κ2) is 8.07. The third-order valence-corrected chi connectivity index (χ3v) is 5.21. The highest BCUT2D eigenvalue weighted by Crippen LogP contribution is 2.26. The highest BCUT2D eigenvalue weighted by molar-refractivity contribution is 7.98. The second-order valence-electron chi connectivity index (χ2n) is 5.75. The number of carbonyl (C=O) groups is 1. The number of imidazole rings is 1. The van der Waals surface area contributed by atoms with Gasteiger partial charge < -0.3 is 20.0 Å². The van der Waals surface area contributed by atoms with Gasteiger partial charge in [0.25, 0.3) is 0 Å². The van der Waals surface area contributed by atoms with Crippen LogP contribution in [-0.4, -0.2) is 41.9 Å². The lowest BCUT2D eigenvalue weighted by Crippen LogP contribution is -2.12. The molecule has 0 unspecified atom stereocenters. The Bertz CT molecular complexity index is 938. The summed E-state index contributed by atoms with van der Waals surface area (Å²) in [6, 6.07) is 5.51. The molecular formula is C16H19ClN6O2S. The van der Waals surface area contributed by atoms with Gasteiger partial charge in [-0.25, -0.2) is 4.98 Å². The standard InChI is InChI=1S/C16H19ClN6O2S/c1-22-14(5-4-13(18)25)20-21-16(22)26-9-15-19-11-3-2-10(17)8-12(11)23(15)6-7-24/h2-3,8,24H,4-7,9H2,1H3,(H2,18,25). The Morgan fingerprint density at radius 2 is 2.15 bits per heavy atom. The maximum atomic E-state index is 10.9. The molecule has 0 fully saturated rings. The number of rotatable bonds is 8. The molecule has 0 saturated carbocycles. The Labute approximate surface area is 159 Å². The van der Waals surface area contributed by atoms with Crippen LogP contribution in [0.4, 0.5) is 0 Å². The van der Waals surface area contributed by atoms with Gasteiger partial charge in [-0.05, 0) is 18.2 Å². The van der Waals surface area contributed by atoms with E-state index >= 15 is 0 Å². The predicted molar refractivity (Wildman–Crippen MR) is 99.9 cm³/mol. The first-order valence-electron chi connectivity index (χ1n) is 8.04. The maximum absolute atomic E-state index is 10.9. The summed E-state index contributed by atoms with van der Waals surface area (Å²) in [5.74, 6) is 1.73. The Morgan fingerprint density at radius 3 is 2.88 bits per heavy atom. The van der Waals surface area contributed by atoms with Crippen molar-refractivity contribution in [2.24, 2.45) is 12.8 Å². The van der Waals surface area contributed by atoms with Crippen LogP contribution in [0.25, 0.3) is 11.0 Å². The largest absolute Gasteiger partial charge is 0.395 e. The number of hydrogen-bond donors (Lipinski definition) is 2. The molecule has 0 spiro atoms. The van der Waals surface area contributed by atoms with Crippen LogP contribution >= 0.6 is 23.4 Å². The summed E-state index contributed by atoms with van der Waals surface area (Å²) in [6.07, 6.45) is 0.699. The normalized spacial score (nSPS) is 11.3. The van der Waals surface area contributed by atoms with E-state index in [0.717, 1.165) is 22.0 Å². The van der Waals surface area contributed by atoms with Gasteiger partial charge in [0.05, 0.1) is 23.4 Å². The lowest BCUT2D eigenvalue weighted by Gasteiger charge is -2.07. The molecule has 2 aromatic heterocycles. The van der Waals surface area contributed by atoms with Gasteiger partial charge in [0.2, 0.25) is 5.91 Å². The molecule has 0 saturated heterocycles. The monoisotopic (exact) mass is 394 g/mol. The van der Waals surface area contributed by atoms with Crippen molar-refractivity contribution in [3.8, 4) is 0 Å². The average molecular weight is 395 g/mol. The summed E-state index contributed by atoms with van der Waals surface area (Å²) in [7, 11) is 1.86. The highest BCUT2D eigenvalue weighted by Gasteiger charge is 2.14. The molecule has 3 aromatic rings. The molecule has 2 heterocycles. The first kappa shape index (κ1) is 18.7. The van der Waals surface area contributed by atoms with E-state index in [1.165, 1.54) is 11.8 Å². The molecule has 10 heteroatoms. The Morgan fingerprint density at radius 1 is 1.35 bits per heavy atom. The average Bonchev–Trinajstić information content (AvgIpc) is 3.12. The van der Waals surface area contributed by atoms with Crippen LogP contribution in [0, 0.1) is 0 Å². The Kier molecular flexibility index (Phi) is 5.80. The lowest BCUT2D eigenvalue weighted by atomic mass is 10.3. The number of nitrogens with two attached hydrogens (primary N) is 1. The number of benzene rings is 1. The zero-order chi connectivity index (χ0) is 18.7. The van der Waals surface area contributed by atoms with Gasteiger partial charge in [0.15, 0.2) is 5.16 Å². The molecule has 1 aromatic carbocycles. The van der Waals surface area contributed by atoms with Crippen molar-refractivity contribution in [1.82, 2.24) is 24.3 Å². The molecule has 0 aliphatic carbocycles. The minimum absolute atomic E-state index is 0.0108. The van der Waals surface area contributed by atoms with Crippen LogP contribution in [0.15, 0.2) is 23.4 Å². The molecule has 26 heavy (non-hydrogen) atoms. The quantitative estimate of drug-likeness (QED) is 0.560. The van der Waals surface area contributed by atoms with Gasteiger partial charge in [0, 0.05) is 31.5 Å². The fourth-order valence-electron chi connectivity index (χ4n) is 2.66. The van der Waals surface area contributed by atoms with Crippen molar-refractivity contribution in [3.05, 3.63) is 34.9 Å². The number of aliphatic hydroxyl groups is 1. The lowest BCUT2D eigenvalue weighted by molar-refractivity contribution is -0.118. The molecule has 0 radical (unpaired) electrons. The van der Waals surface area contributed by atoms with Crippen molar-refractivity contribution in [3.63, 3.8) is 0 Å². The summed E-state index contributed by atoms with van der Waals surface area (Å²) in [5.41, 5.74) is 6.91. The fraction of sp³-hybridized carbons (Fsp3) is 0.375. The van der Waals surface area contributed by atoms with Crippen LogP contribution < -0.4 is 5.73 Å². The zero-order valence-corrected chi connectivity index (χ0v) is 15.8. The molecule has 8 nitrogen and oxygen atoms in total. The van der Waals surface area contributed by atoms with Gasteiger partial charge in [0.1, 0.15) is 11.6 Å². The molecule has 3 N–H and O–H groups in total. The van der Waals surface area contributed by atoms with Crippen molar-refractivity contribution < 1.29 is 9.90 Å². The molecule has 1 amide bonds. The summed E-state index contributed by atoms with van der Waals surface area (Å²) in [4.78, 5) is 15.6. The van der Waals surface area contributed by atoms with Crippen LogP contribution in [-0.2, 0) is 30.6 Å². The van der Waals surface area contributed by atoms with E-state index in [9.17, 15) is 9.90 Å². The second-order valence-corrected chi connectivity index (χ2v) is 7.13. The van der Waals surface area contributed by atoms with E-state index in [0.29, 0.717) is 29.6 Å². The van der Waals surface area contributed by atoms with Gasteiger partial charge in [-0.1, -0.05) is 23.4 Å². The number of carbonyl (C=O) groups excluding carboxylic acids is 1. The van der Waals surface area contributed by atoms with Crippen LogP contribution in [0.5, 0.6) is 0 Å². The number of fused-ring (bicyclic) bond motifs is 1. The molecule has 0 atom stereocenters. The first-order chi connectivity index (χ1) is 12.5. The zero-order valence-electron chi connectivity index (χ0n) is 14.2. The van der Waals surface area contributed by atoms with Crippen LogP contribution in [0.2, 0.25) is 5.02 Å². The smallest absolute Gasteiger partial charge is 0.217 e. The summed E-state index contributed by atoms with van der Waals surface area (Å²) >= 11 is 7.58. The van der Waals surface area contributed by atoms with Gasteiger partial charge in [-0.15, -0.1) is 10.2 Å². The third-order valence-electron chi connectivity index (χ3n) is 3.96. The Balaban J connectivity index is 1.79. The predicted octanol–water partition coefficient (Wildman–Crippen LogP) is 1.52. The molecule has 0 aliphatic rings. The number of halogens is 1. The number of amides is 1. The SMILES string of the molecule is Cn1c(CCC(N)=O)nnc1SCc1nc2ccc(Cl)cc2n1CCO. The van der Waals surface area contributed by atoms with Crippen molar-refractivity contribution in [2.45, 2.75) is 30.3 Å². The first-order valence-corrected chi connectivity index (χ1v) is 9.41. The van der Waals surface area contributed by atoms with Crippen molar-refractivity contribution in [2.75, 3.05) is 6.61 Å². The summed E-state index contributed by atoms with van der Waals surface area (Å²) < 4.78 is 3.81. The number of hydrogen-bond acceptors (Lipinski definition) is 6. The number of aromatic nitrogens is 5. The number of aliphatic hydroxyl groups excluding tert-OH is 1. The minimum Gasteiger partial charge on any atom is -0.395 e. The fourth-order valence-corrected chi connectivity index (χ4v) is 3.70. The molecular weight excluding hydrogens is 376 g/mol. The van der Waals surface area contributed by atoms with Crippen molar-refractivity contribution in [1.29, 1.82) is 0 Å². The Hall–Kier alpha value is -2.10. The topological polar surface area (TPSA) is 112 Å². The minimum atomic E-state index is -0.362. The summed E-state index contributed by atoms with van der Waals surface area (Å²) in [5, 5.41) is 19.0. The van der Waals surface area contributed by atoms with E-state index in [1.807, 2.05) is 28.3 Å². The molecule has 3 rings (SSSR count). The molecule has 0 bridgehead atoms. The van der Waals surface area contributed by atoms with E-state index in [4.69, 9.17) is 17.3 Å². The van der Waals surface area contributed by atoms with E-state index in [2.05, 4.69) is 15.2 Å². The van der Waals surface area contributed by atoms with Crippen LogP contribution in [0.3, 0.4) is 0 Å². The highest BCUT2D eigenvalue weighted by atomic mass is 35.5. The van der Waals surface area contributed by atoms with Gasteiger partial charge in [-0.2, -0.15) is 0 Å². The van der Waals surface area contributed by atoms with E-state index in [1.54, 1.807) is 6.07 Å². The number of nitrogens with zero attached hydrogens (tertiary/aromatic N) is 5. The number of thioether (sulfide) groups is 1. The van der Waals surface area contributed by atoms with Gasteiger partial charge >= 0.3 is 0 Å². The number of primary amides is 1.